The Morgan fingerprint density at radius 1 is 1.31 bits per heavy atom. The van der Waals surface area contributed by atoms with Gasteiger partial charge < -0.3 is 0 Å². The lowest BCUT2D eigenvalue weighted by molar-refractivity contribution is 0.741. The number of nitrogens with zero attached hydrogens (tertiary/aromatic N) is 1. The molecule has 0 saturated carbocycles. The van der Waals surface area contributed by atoms with E-state index in [4.69, 9.17) is 0 Å². The first-order valence-corrected chi connectivity index (χ1v) is 5.58. The molecule has 0 aliphatic carbocycles. The number of aliphatic imine (C=N–C) groups is 1. The number of hydrogen-bond donors (Lipinski definition) is 1. The van der Waals surface area contributed by atoms with Crippen LogP contribution in [0.5, 0.6) is 0 Å². The molecule has 1 aliphatic heterocycles. The van der Waals surface area contributed by atoms with Gasteiger partial charge in [0, 0.05) is 0 Å². The molecule has 3 heteroatoms. The van der Waals surface area contributed by atoms with Crippen LogP contribution in [0.15, 0.2) is 35.3 Å². The fraction of sp³-hybridized carbons (Fsp3) is 0.300. The van der Waals surface area contributed by atoms with Gasteiger partial charge in [0.05, 0.1) is 11.3 Å². The summed E-state index contributed by atoms with van der Waals surface area (Å²) in [4.78, 5) is 4.39. The van der Waals surface area contributed by atoms with E-state index in [2.05, 4.69) is 48.8 Å². The van der Waals surface area contributed by atoms with Crippen molar-refractivity contribution in [2.24, 2.45) is 4.99 Å². The molecule has 1 heterocycles. The molecule has 0 fully saturated rings. The van der Waals surface area contributed by atoms with E-state index in [1.165, 1.54) is 5.56 Å². The quantitative estimate of drug-likeness (QED) is 0.701. The molecule has 0 aromatic heterocycles. The van der Waals surface area contributed by atoms with E-state index in [9.17, 15) is 0 Å². The zero-order valence-electron chi connectivity index (χ0n) is 7.34. The van der Waals surface area contributed by atoms with Gasteiger partial charge in [0.25, 0.3) is 0 Å². The van der Waals surface area contributed by atoms with Crippen LogP contribution >= 0.6 is 24.4 Å². The Labute approximate surface area is 88.1 Å². The second kappa shape index (κ2) is 3.76. The lowest BCUT2D eigenvalue weighted by atomic mass is 10.1. The second-order valence-corrected chi connectivity index (χ2v) is 4.96. The van der Waals surface area contributed by atoms with Crippen molar-refractivity contribution in [1.82, 2.24) is 0 Å². The lowest BCUT2D eigenvalue weighted by Crippen LogP contribution is -2.04. The van der Waals surface area contributed by atoms with Gasteiger partial charge in [-0.2, -0.15) is 0 Å². The average Bonchev–Trinajstić information content (AvgIpc) is 2.47. The molecular weight excluding hydrogens is 198 g/mol. The van der Waals surface area contributed by atoms with Crippen LogP contribution in [0.3, 0.4) is 0 Å². The summed E-state index contributed by atoms with van der Waals surface area (Å²) >= 11 is 6.02. The van der Waals surface area contributed by atoms with E-state index < -0.39 is 0 Å². The molecule has 0 saturated heterocycles. The predicted octanol–water partition coefficient (Wildman–Crippen LogP) is 3.15. The van der Waals surface area contributed by atoms with Gasteiger partial charge in [0.1, 0.15) is 4.38 Å². The highest BCUT2D eigenvalue weighted by Crippen LogP contribution is 2.40. The Morgan fingerprint density at radius 2 is 2.00 bits per heavy atom. The minimum atomic E-state index is 0.347. The topological polar surface area (TPSA) is 12.4 Å². The molecule has 0 amide bonds. The van der Waals surface area contributed by atoms with Gasteiger partial charge in [-0.1, -0.05) is 42.1 Å². The normalized spacial score (nSPS) is 27.4. The van der Waals surface area contributed by atoms with Crippen molar-refractivity contribution in [1.29, 1.82) is 0 Å². The summed E-state index contributed by atoms with van der Waals surface area (Å²) in [5, 5.41) is 0.452. The number of benzene rings is 1. The van der Waals surface area contributed by atoms with Crippen molar-refractivity contribution < 1.29 is 0 Å². The van der Waals surface area contributed by atoms with Gasteiger partial charge in [-0.25, -0.2) is 0 Å². The summed E-state index contributed by atoms with van der Waals surface area (Å²) < 4.78 is 0.904. The van der Waals surface area contributed by atoms with Crippen LogP contribution in [0.4, 0.5) is 0 Å². The SMILES string of the molecule is CC1N=C(S)SC1c1ccccc1. The van der Waals surface area contributed by atoms with Gasteiger partial charge in [-0.05, 0) is 12.5 Å². The van der Waals surface area contributed by atoms with Crippen LogP contribution in [0.2, 0.25) is 0 Å². The molecule has 2 atom stereocenters. The zero-order chi connectivity index (χ0) is 9.26. The molecule has 0 bridgehead atoms. The third-order valence-corrected chi connectivity index (χ3v) is 3.78. The summed E-state index contributed by atoms with van der Waals surface area (Å²) in [6, 6.07) is 10.8. The summed E-state index contributed by atoms with van der Waals surface area (Å²) in [5.74, 6) is 0. The van der Waals surface area contributed by atoms with Crippen LogP contribution in [-0.4, -0.2) is 10.4 Å². The van der Waals surface area contributed by atoms with Gasteiger partial charge in [-0.15, -0.1) is 12.6 Å². The standard InChI is InChI=1S/C10H11NS2/c1-7-9(13-10(12)11-7)8-5-3-2-4-6-8/h2-7,9H,1H3,(H,11,12). The average molecular weight is 209 g/mol. The fourth-order valence-electron chi connectivity index (χ4n) is 1.47. The first-order chi connectivity index (χ1) is 6.27. The molecule has 68 valence electrons. The number of hydrogen-bond acceptors (Lipinski definition) is 2. The van der Waals surface area contributed by atoms with Gasteiger partial charge in [-0.3, -0.25) is 4.99 Å². The summed E-state index contributed by atoms with van der Waals surface area (Å²) in [6.07, 6.45) is 0. The van der Waals surface area contributed by atoms with Crippen LogP contribution < -0.4 is 0 Å². The highest BCUT2D eigenvalue weighted by Gasteiger charge is 2.26. The number of thioether (sulfide) groups is 1. The molecule has 1 aromatic rings. The maximum atomic E-state index is 4.39. The Kier molecular flexibility index (Phi) is 2.65. The van der Waals surface area contributed by atoms with E-state index in [0.717, 1.165) is 4.38 Å². The van der Waals surface area contributed by atoms with Crippen LogP contribution in [-0.2, 0) is 0 Å². The summed E-state index contributed by atoms with van der Waals surface area (Å²) in [7, 11) is 0. The lowest BCUT2D eigenvalue weighted by Gasteiger charge is -2.12. The first-order valence-electron chi connectivity index (χ1n) is 4.26. The molecule has 0 N–H and O–H groups in total. The van der Waals surface area contributed by atoms with E-state index in [1.54, 1.807) is 11.8 Å². The van der Waals surface area contributed by atoms with E-state index in [0.29, 0.717) is 11.3 Å². The largest absolute Gasteiger partial charge is 0.267 e. The molecule has 13 heavy (non-hydrogen) atoms. The van der Waals surface area contributed by atoms with Crippen molar-refractivity contribution in [2.45, 2.75) is 18.2 Å². The molecular formula is C10H11NS2. The Bertz CT molecular complexity index is 321. The molecule has 2 rings (SSSR count). The molecule has 0 radical (unpaired) electrons. The van der Waals surface area contributed by atoms with Crippen molar-refractivity contribution in [2.75, 3.05) is 0 Å². The van der Waals surface area contributed by atoms with E-state index >= 15 is 0 Å². The highest BCUT2D eigenvalue weighted by atomic mass is 32.2. The van der Waals surface area contributed by atoms with Crippen molar-refractivity contribution in [3.63, 3.8) is 0 Å². The van der Waals surface area contributed by atoms with Crippen molar-refractivity contribution >= 4 is 28.8 Å². The van der Waals surface area contributed by atoms with Crippen LogP contribution in [0.1, 0.15) is 17.7 Å². The molecule has 0 spiro atoms. The van der Waals surface area contributed by atoms with Crippen LogP contribution in [0, 0.1) is 0 Å². The highest BCUT2D eigenvalue weighted by molar-refractivity contribution is 8.32. The van der Waals surface area contributed by atoms with Crippen LogP contribution in [0.25, 0.3) is 0 Å². The van der Waals surface area contributed by atoms with Crippen molar-refractivity contribution in [3.05, 3.63) is 35.9 Å². The minimum Gasteiger partial charge on any atom is -0.267 e. The Morgan fingerprint density at radius 3 is 2.54 bits per heavy atom. The maximum Gasteiger partial charge on any atom is 0.122 e. The Hall–Kier alpha value is -0.410. The second-order valence-electron chi connectivity index (χ2n) is 3.10. The summed E-state index contributed by atoms with van der Waals surface area (Å²) in [5.41, 5.74) is 1.34. The maximum absolute atomic E-state index is 4.39. The number of rotatable bonds is 1. The molecule has 2 unspecified atom stereocenters. The third-order valence-electron chi connectivity index (χ3n) is 2.11. The molecule has 1 nitrogen and oxygen atoms in total. The van der Waals surface area contributed by atoms with E-state index in [-0.39, 0.29) is 0 Å². The van der Waals surface area contributed by atoms with Gasteiger partial charge >= 0.3 is 0 Å². The monoisotopic (exact) mass is 209 g/mol. The zero-order valence-corrected chi connectivity index (χ0v) is 9.06. The van der Waals surface area contributed by atoms with E-state index in [1.807, 2.05) is 6.07 Å². The third kappa shape index (κ3) is 1.92. The minimum absolute atomic E-state index is 0.347. The smallest absolute Gasteiger partial charge is 0.122 e. The van der Waals surface area contributed by atoms with Crippen molar-refractivity contribution in [3.8, 4) is 0 Å². The van der Waals surface area contributed by atoms with Gasteiger partial charge in [0.2, 0.25) is 0 Å². The van der Waals surface area contributed by atoms with Gasteiger partial charge in [0.15, 0.2) is 0 Å². The summed E-state index contributed by atoms with van der Waals surface area (Å²) in [6.45, 7) is 2.13. The number of thiol groups is 1. The Balaban J connectivity index is 2.21. The first kappa shape index (κ1) is 9.16. The predicted molar refractivity (Wildman–Crippen MR) is 62.7 cm³/mol. The molecule has 1 aromatic carbocycles. The molecule has 1 aliphatic rings. The fourth-order valence-corrected chi connectivity index (χ4v) is 3.00.